The van der Waals surface area contributed by atoms with Gasteiger partial charge < -0.3 is 9.64 Å². The van der Waals surface area contributed by atoms with Gasteiger partial charge in [0.1, 0.15) is 11.4 Å². The number of fused-ring (bicyclic) bond motifs is 1. The van der Waals surface area contributed by atoms with Crippen molar-refractivity contribution in [1.82, 2.24) is 19.5 Å². The number of methoxy groups -OCH3 is 1. The summed E-state index contributed by atoms with van der Waals surface area (Å²) in [5, 5.41) is 5.48. The molecule has 0 radical (unpaired) electrons. The molecular formula is C26H27ClN4O2. The van der Waals surface area contributed by atoms with Crippen molar-refractivity contribution in [1.29, 1.82) is 0 Å². The SMILES string of the molecule is CCCN(CCC)C(=O)c1cc(-c2ccccc2OC)n2nc(-c3ccc(Cl)cc3)cc2n1. The number of amides is 1. The molecule has 0 atom stereocenters. The van der Waals surface area contributed by atoms with Crippen LogP contribution in [0.3, 0.4) is 0 Å². The van der Waals surface area contributed by atoms with Crippen molar-refractivity contribution < 1.29 is 9.53 Å². The second-order valence-corrected chi connectivity index (χ2v) is 8.26. The zero-order valence-electron chi connectivity index (χ0n) is 19.1. The highest BCUT2D eigenvalue weighted by atomic mass is 35.5. The van der Waals surface area contributed by atoms with Crippen LogP contribution >= 0.6 is 11.6 Å². The molecule has 0 bridgehead atoms. The number of carbonyl (C=O) groups is 1. The highest BCUT2D eigenvalue weighted by molar-refractivity contribution is 6.30. The van der Waals surface area contributed by atoms with E-state index in [2.05, 4.69) is 13.8 Å². The molecule has 0 aliphatic rings. The van der Waals surface area contributed by atoms with E-state index < -0.39 is 0 Å². The molecule has 2 aromatic carbocycles. The molecule has 2 aromatic heterocycles. The summed E-state index contributed by atoms with van der Waals surface area (Å²) in [7, 11) is 1.63. The molecular weight excluding hydrogens is 436 g/mol. The van der Waals surface area contributed by atoms with Crippen molar-refractivity contribution in [3.8, 4) is 28.3 Å². The summed E-state index contributed by atoms with van der Waals surface area (Å²) in [4.78, 5) is 20.0. The number of hydrogen-bond acceptors (Lipinski definition) is 4. The topological polar surface area (TPSA) is 59.7 Å². The van der Waals surface area contributed by atoms with Crippen molar-refractivity contribution in [2.45, 2.75) is 26.7 Å². The maximum absolute atomic E-state index is 13.4. The van der Waals surface area contributed by atoms with Crippen LogP contribution in [-0.4, -0.2) is 45.6 Å². The van der Waals surface area contributed by atoms with Crippen LogP contribution in [-0.2, 0) is 0 Å². The Labute approximate surface area is 198 Å². The van der Waals surface area contributed by atoms with Crippen molar-refractivity contribution in [2.24, 2.45) is 0 Å². The Morgan fingerprint density at radius 1 is 1.03 bits per heavy atom. The van der Waals surface area contributed by atoms with Gasteiger partial charge in [-0.15, -0.1) is 0 Å². The summed E-state index contributed by atoms with van der Waals surface area (Å²) in [5.41, 5.74) is 4.24. The van der Waals surface area contributed by atoms with Crippen molar-refractivity contribution in [3.05, 3.63) is 71.4 Å². The van der Waals surface area contributed by atoms with E-state index in [-0.39, 0.29) is 5.91 Å². The van der Waals surface area contributed by atoms with Gasteiger partial charge in [0.15, 0.2) is 5.65 Å². The van der Waals surface area contributed by atoms with Crippen LogP contribution in [0, 0.1) is 0 Å². The third-order valence-corrected chi connectivity index (χ3v) is 5.70. The van der Waals surface area contributed by atoms with E-state index in [4.69, 9.17) is 26.4 Å². The Morgan fingerprint density at radius 2 is 1.73 bits per heavy atom. The lowest BCUT2D eigenvalue weighted by Gasteiger charge is -2.21. The van der Waals surface area contributed by atoms with E-state index >= 15 is 0 Å². The quantitative estimate of drug-likeness (QED) is 0.323. The zero-order chi connectivity index (χ0) is 23.4. The smallest absolute Gasteiger partial charge is 0.272 e. The Kier molecular flexibility index (Phi) is 6.94. The molecule has 6 nitrogen and oxygen atoms in total. The zero-order valence-corrected chi connectivity index (χ0v) is 19.8. The van der Waals surface area contributed by atoms with Gasteiger partial charge in [-0.2, -0.15) is 5.10 Å². The molecule has 0 spiro atoms. The fourth-order valence-corrected chi connectivity index (χ4v) is 4.04. The van der Waals surface area contributed by atoms with Crippen molar-refractivity contribution >= 4 is 23.2 Å². The third kappa shape index (κ3) is 4.71. The highest BCUT2D eigenvalue weighted by Crippen LogP contribution is 2.32. The largest absolute Gasteiger partial charge is 0.496 e. The van der Waals surface area contributed by atoms with E-state index in [1.165, 1.54) is 0 Å². The standard InChI is InChI=1S/C26H27ClN4O2/c1-4-14-30(15-5-2)26(32)22-16-23(20-8-6-7-9-24(20)33-3)31-25(28-22)17-21(29-31)18-10-12-19(27)13-11-18/h6-13,16-17H,4-5,14-15H2,1-3H3. The summed E-state index contributed by atoms with van der Waals surface area (Å²) in [6.07, 6.45) is 1.78. The Bertz CT molecular complexity index is 1260. The Morgan fingerprint density at radius 3 is 2.39 bits per heavy atom. The van der Waals surface area contributed by atoms with Crippen LogP contribution in [0.2, 0.25) is 5.02 Å². The molecule has 4 aromatic rings. The minimum atomic E-state index is -0.0772. The molecule has 0 aliphatic carbocycles. The van der Waals surface area contributed by atoms with Gasteiger partial charge in [-0.3, -0.25) is 4.79 Å². The first-order valence-electron chi connectivity index (χ1n) is 11.1. The van der Waals surface area contributed by atoms with Crippen LogP contribution in [0.5, 0.6) is 5.75 Å². The first-order valence-corrected chi connectivity index (χ1v) is 11.5. The predicted octanol–water partition coefficient (Wildman–Crippen LogP) is 5.99. The van der Waals surface area contributed by atoms with Crippen LogP contribution in [0.15, 0.2) is 60.7 Å². The third-order valence-electron chi connectivity index (χ3n) is 5.44. The minimum absolute atomic E-state index is 0.0772. The van der Waals surface area contributed by atoms with Gasteiger partial charge in [0.25, 0.3) is 5.91 Å². The summed E-state index contributed by atoms with van der Waals surface area (Å²) in [6, 6.07) is 18.9. The summed E-state index contributed by atoms with van der Waals surface area (Å²) >= 11 is 6.06. The number of para-hydroxylation sites is 1. The van der Waals surface area contributed by atoms with Crippen LogP contribution in [0.4, 0.5) is 0 Å². The van der Waals surface area contributed by atoms with Crippen molar-refractivity contribution in [3.63, 3.8) is 0 Å². The molecule has 0 saturated heterocycles. The van der Waals surface area contributed by atoms with E-state index in [1.807, 2.05) is 65.6 Å². The minimum Gasteiger partial charge on any atom is -0.496 e. The van der Waals surface area contributed by atoms with Crippen molar-refractivity contribution in [2.75, 3.05) is 20.2 Å². The van der Waals surface area contributed by atoms with E-state index in [9.17, 15) is 4.79 Å². The van der Waals surface area contributed by atoms with Gasteiger partial charge in [0, 0.05) is 35.3 Å². The molecule has 0 unspecified atom stereocenters. The molecule has 7 heteroatoms. The molecule has 0 N–H and O–H groups in total. The molecule has 2 heterocycles. The fraction of sp³-hybridized carbons (Fsp3) is 0.269. The number of rotatable bonds is 8. The second-order valence-electron chi connectivity index (χ2n) is 7.83. The lowest BCUT2D eigenvalue weighted by Crippen LogP contribution is -2.33. The molecule has 0 fully saturated rings. The number of nitrogens with zero attached hydrogens (tertiary/aromatic N) is 4. The van der Waals surface area contributed by atoms with Crippen LogP contribution in [0.25, 0.3) is 28.2 Å². The average molecular weight is 463 g/mol. The molecule has 1 amide bonds. The van der Waals surface area contributed by atoms with Crippen LogP contribution in [0.1, 0.15) is 37.2 Å². The summed E-state index contributed by atoms with van der Waals surface area (Å²) in [5.74, 6) is 0.623. The van der Waals surface area contributed by atoms with Gasteiger partial charge in [0.05, 0.1) is 18.5 Å². The predicted molar refractivity (Wildman–Crippen MR) is 132 cm³/mol. The van der Waals surface area contributed by atoms with Crippen LogP contribution < -0.4 is 4.74 Å². The van der Waals surface area contributed by atoms with E-state index in [1.54, 1.807) is 11.6 Å². The maximum atomic E-state index is 13.4. The maximum Gasteiger partial charge on any atom is 0.272 e. The normalized spacial score (nSPS) is 11.0. The van der Waals surface area contributed by atoms with Gasteiger partial charge in [-0.05, 0) is 43.2 Å². The Hall–Kier alpha value is -3.38. The Balaban J connectivity index is 1.91. The summed E-state index contributed by atoms with van der Waals surface area (Å²) in [6.45, 7) is 5.53. The van der Waals surface area contributed by atoms with E-state index in [0.29, 0.717) is 35.2 Å². The number of ether oxygens (including phenoxy) is 1. The van der Waals surface area contributed by atoms with Gasteiger partial charge in [-0.1, -0.05) is 49.7 Å². The number of aromatic nitrogens is 3. The molecule has 4 rings (SSSR count). The lowest BCUT2D eigenvalue weighted by atomic mass is 10.1. The molecule has 0 aliphatic heterocycles. The number of hydrogen-bond donors (Lipinski definition) is 0. The number of carbonyl (C=O) groups excluding carboxylic acids is 1. The molecule has 33 heavy (non-hydrogen) atoms. The molecule has 170 valence electrons. The monoisotopic (exact) mass is 462 g/mol. The first-order chi connectivity index (χ1) is 16.0. The summed E-state index contributed by atoms with van der Waals surface area (Å²) < 4.78 is 7.37. The van der Waals surface area contributed by atoms with Gasteiger partial charge >= 0.3 is 0 Å². The lowest BCUT2D eigenvalue weighted by molar-refractivity contribution is 0.0750. The second kappa shape index (κ2) is 10.0. The number of benzene rings is 2. The first kappa shape index (κ1) is 22.8. The molecule has 0 saturated carbocycles. The highest BCUT2D eigenvalue weighted by Gasteiger charge is 2.21. The number of halogens is 1. The average Bonchev–Trinajstić information content (AvgIpc) is 3.27. The van der Waals surface area contributed by atoms with Gasteiger partial charge in [0.2, 0.25) is 0 Å². The van der Waals surface area contributed by atoms with Gasteiger partial charge in [-0.25, -0.2) is 9.50 Å². The van der Waals surface area contributed by atoms with E-state index in [0.717, 1.165) is 35.4 Å². The fourth-order valence-electron chi connectivity index (χ4n) is 3.91.